The molecule has 142 valence electrons. The van der Waals surface area contributed by atoms with Gasteiger partial charge in [-0.25, -0.2) is 4.79 Å². The van der Waals surface area contributed by atoms with E-state index in [2.05, 4.69) is 6.92 Å². The molecule has 0 aromatic heterocycles. The summed E-state index contributed by atoms with van der Waals surface area (Å²) in [4.78, 5) is 11.1. The summed E-state index contributed by atoms with van der Waals surface area (Å²) < 4.78 is 5.08. The molecule has 0 saturated carbocycles. The second-order valence-electron chi connectivity index (χ2n) is 6.97. The molecule has 0 aromatic carbocycles. The van der Waals surface area contributed by atoms with Crippen LogP contribution in [0.3, 0.4) is 0 Å². The van der Waals surface area contributed by atoms with Crippen LogP contribution < -0.4 is 0 Å². The third-order valence-corrected chi connectivity index (χ3v) is 4.54. The van der Waals surface area contributed by atoms with Crippen LogP contribution in [0.4, 0.5) is 0 Å². The lowest BCUT2D eigenvalue weighted by Gasteiger charge is -2.04. The van der Waals surface area contributed by atoms with Gasteiger partial charge in [-0.1, -0.05) is 109 Å². The molecule has 0 spiro atoms. The van der Waals surface area contributed by atoms with Crippen molar-refractivity contribution >= 4 is 5.97 Å². The smallest absolute Gasteiger partial charge is 0.330 e. The predicted molar refractivity (Wildman–Crippen MR) is 105 cm³/mol. The number of carbonyl (C=O) groups is 1. The van der Waals surface area contributed by atoms with E-state index >= 15 is 0 Å². The van der Waals surface area contributed by atoms with Crippen molar-refractivity contribution in [1.82, 2.24) is 0 Å². The molecule has 0 fully saturated rings. The van der Waals surface area contributed by atoms with Crippen LogP contribution in [0.2, 0.25) is 0 Å². The van der Waals surface area contributed by atoms with Crippen LogP contribution in [0.15, 0.2) is 12.2 Å². The van der Waals surface area contributed by atoms with Gasteiger partial charge in [-0.2, -0.15) is 0 Å². The lowest BCUT2D eigenvalue weighted by molar-refractivity contribution is -0.137. The van der Waals surface area contributed by atoms with Gasteiger partial charge in [0, 0.05) is 6.08 Å². The fraction of sp³-hybridized carbons (Fsp3) is 0.864. The first-order valence-electron chi connectivity index (χ1n) is 10.6. The minimum atomic E-state index is -0.210. The van der Waals surface area contributed by atoms with Gasteiger partial charge in [0.2, 0.25) is 0 Å². The first-order chi connectivity index (χ1) is 11.8. The second-order valence-corrected chi connectivity index (χ2v) is 6.97. The number of hydrogen-bond acceptors (Lipinski definition) is 2. The van der Waals surface area contributed by atoms with Crippen LogP contribution in [-0.2, 0) is 9.53 Å². The van der Waals surface area contributed by atoms with Crippen LogP contribution in [0.1, 0.15) is 117 Å². The van der Waals surface area contributed by atoms with Crippen molar-refractivity contribution in [3.8, 4) is 0 Å². The highest BCUT2D eigenvalue weighted by Crippen LogP contribution is 2.13. The Labute approximate surface area is 151 Å². The summed E-state index contributed by atoms with van der Waals surface area (Å²) in [6, 6.07) is 0. The monoisotopic (exact) mass is 338 g/mol. The van der Waals surface area contributed by atoms with Gasteiger partial charge >= 0.3 is 5.97 Å². The van der Waals surface area contributed by atoms with Crippen molar-refractivity contribution in [3.63, 3.8) is 0 Å². The number of ether oxygens (including phenoxy) is 1. The summed E-state index contributed by atoms with van der Waals surface area (Å²) in [5, 5.41) is 0. The van der Waals surface area contributed by atoms with E-state index in [1.54, 1.807) is 6.08 Å². The van der Waals surface area contributed by atoms with Crippen LogP contribution in [0, 0.1) is 0 Å². The van der Waals surface area contributed by atoms with E-state index in [-0.39, 0.29) is 5.97 Å². The molecule has 2 heteroatoms. The SMILES string of the molecule is C/C=C\C(=O)OCCCCCCCCCCCCCCCCCC. The zero-order valence-corrected chi connectivity index (χ0v) is 16.5. The van der Waals surface area contributed by atoms with Gasteiger partial charge in [0.15, 0.2) is 0 Å². The van der Waals surface area contributed by atoms with E-state index in [0.29, 0.717) is 6.61 Å². The van der Waals surface area contributed by atoms with Crippen LogP contribution in [0.5, 0.6) is 0 Å². The van der Waals surface area contributed by atoms with Crippen molar-refractivity contribution in [1.29, 1.82) is 0 Å². The molecule has 0 N–H and O–H groups in total. The van der Waals surface area contributed by atoms with Gasteiger partial charge in [0.05, 0.1) is 6.61 Å². The number of esters is 1. The van der Waals surface area contributed by atoms with Crippen molar-refractivity contribution in [2.24, 2.45) is 0 Å². The Bertz CT molecular complexity index is 284. The summed E-state index contributed by atoms with van der Waals surface area (Å²) in [7, 11) is 0. The molecular weight excluding hydrogens is 296 g/mol. The third kappa shape index (κ3) is 19.3. The second kappa shape index (κ2) is 20.3. The van der Waals surface area contributed by atoms with Crippen molar-refractivity contribution in [2.75, 3.05) is 6.61 Å². The highest BCUT2D eigenvalue weighted by molar-refractivity contribution is 5.81. The number of rotatable bonds is 18. The van der Waals surface area contributed by atoms with Crippen LogP contribution in [-0.4, -0.2) is 12.6 Å². The van der Waals surface area contributed by atoms with E-state index in [1.807, 2.05) is 6.92 Å². The van der Waals surface area contributed by atoms with E-state index in [0.717, 1.165) is 6.42 Å². The summed E-state index contributed by atoms with van der Waals surface area (Å²) in [5.74, 6) is -0.210. The summed E-state index contributed by atoms with van der Waals surface area (Å²) in [6.45, 7) is 4.68. The zero-order chi connectivity index (χ0) is 17.7. The molecule has 0 rings (SSSR count). The summed E-state index contributed by atoms with van der Waals surface area (Å²) >= 11 is 0. The molecule has 0 amide bonds. The van der Waals surface area contributed by atoms with Gasteiger partial charge in [-0.05, 0) is 13.3 Å². The largest absolute Gasteiger partial charge is 0.463 e. The van der Waals surface area contributed by atoms with Gasteiger partial charge in [-0.15, -0.1) is 0 Å². The highest BCUT2D eigenvalue weighted by atomic mass is 16.5. The number of carbonyl (C=O) groups excluding carboxylic acids is 1. The van der Waals surface area contributed by atoms with Crippen molar-refractivity contribution < 1.29 is 9.53 Å². The van der Waals surface area contributed by atoms with Gasteiger partial charge in [-0.3, -0.25) is 0 Å². The quantitative estimate of drug-likeness (QED) is 0.148. The Morgan fingerprint density at radius 2 is 1.04 bits per heavy atom. The number of unbranched alkanes of at least 4 members (excludes halogenated alkanes) is 15. The van der Waals surface area contributed by atoms with Gasteiger partial charge < -0.3 is 4.74 Å². The Morgan fingerprint density at radius 1 is 0.667 bits per heavy atom. The molecule has 2 nitrogen and oxygen atoms in total. The van der Waals surface area contributed by atoms with Gasteiger partial charge in [0.1, 0.15) is 0 Å². The minimum Gasteiger partial charge on any atom is -0.463 e. The lowest BCUT2D eigenvalue weighted by atomic mass is 10.0. The molecular formula is C22H42O2. The molecule has 0 atom stereocenters. The molecule has 0 aliphatic rings. The summed E-state index contributed by atoms with van der Waals surface area (Å²) in [6.07, 6.45) is 25.0. The third-order valence-electron chi connectivity index (χ3n) is 4.54. The first-order valence-corrected chi connectivity index (χ1v) is 10.6. The Balaban J connectivity index is 3.04. The predicted octanol–water partition coefficient (Wildman–Crippen LogP) is 7.37. The zero-order valence-electron chi connectivity index (χ0n) is 16.5. The Hall–Kier alpha value is -0.790. The fourth-order valence-electron chi connectivity index (χ4n) is 3.01. The van der Waals surface area contributed by atoms with Crippen molar-refractivity contribution in [2.45, 2.75) is 117 Å². The maximum absolute atomic E-state index is 11.1. The molecule has 0 aliphatic carbocycles. The lowest BCUT2D eigenvalue weighted by Crippen LogP contribution is -2.01. The van der Waals surface area contributed by atoms with E-state index in [9.17, 15) is 4.79 Å². The molecule has 0 radical (unpaired) electrons. The van der Waals surface area contributed by atoms with E-state index < -0.39 is 0 Å². The molecule has 0 saturated heterocycles. The maximum atomic E-state index is 11.1. The average molecular weight is 339 g/mol. The molecule has 0 aromatic rings. The first kappa shape index (κ1) is 23.2. The minimum absolute atomic E-state index is 0.210. The van der Waals surface area contributed by atoms with Crippen molar-refractivity contribution in [3.05, 3.63) is 12.2 Å². The Morgan fingerprint density at radius 3 is 1.42 bits per heavy atom. The molecule has 0 heterocycles. The molecule has 0 aliphatic heterocycles. The van der Waals surface area contributed by atoms with Gasteiger partial charge in [0.25, 0.3) is 0 Å². The highest BCUT2D eigenvalue weighted by Gasteiger charge is 1.97. The molecule has 0 unspecified atom stereocenters. The number of allylic oxidation sites excluding steroid dienone is 1. The summed E-state index contributed by atoms with van der Waals surface area (Å²) in [5.41, 5.74) is 0. The molecule has 24 heavy (non-hydrogen) atoms. The topological polar surface area (TPSA) is 26.3 Å². The molecule has 0 bridgehead atoms. The number of hydrogen-bond donors (Lipinski definition) is 0. The van der Waals surface area contributed by atoms with Crippen LogP contribution >= 0.6 is 0 Å². The van der Waals surface area contributed by atoms with E-state index in [4.69, 9.17) is 4.74 Å². The maximum Gasteiger partial charge on any atom is 0.330 e. The Kier molecular flexibility index (Phi) is 19.6. The normalized spacial score (nSPS) is 11.2. The average Bonchev–Trinajstić information content (AvgIpc) is 2.58. The van der Waals surface area contributed by atoms with Crippen LogP contribution in [0.25, 0.3) is 0 Å². The fourth-order valence-corrected chi connectivity index (χ4v) is 3.01. The standard InChI is InChI=1S/C22H42O2/c1-3-5-6-7-8-9-10-11-12-13-14-15-16-17-18-19-21-24-22(23)20-4-2/h4,20H,3,5-19,21H2,1-2H3/b20-4-. The van der Waals surface area contributed by atoms with E-state index in [1.165, 1.54) is 102 Å².